The lowest BCUT2D eigenvalue weighted by Crippen LogP contribution is -2.14. The second kappa shape index (κ2) is 4.62. The minimum atomic E-state index is -1.09. The van der Waals surface area contributed by atoms with Gasteiger partial charge in [-0.2, -0.15) is 0 Å². The van der Waals surface area contributed by atoms with Gasteiger partial charge in [-0.1, -0.05) is 12.1 Å². The van der Waals surface area contributed by atoms with Crippen LogP contribution in [-0.2, 0) is 6.54 Å². The summed E-state index contributed by atoms with van der Waals surface area (Å²) in [5, 5.41) is 22.6. The van der Waals surface area contributed by atoms with Crippen molar-refractivity contribution in [3.8, 4) is 5.75 Å². The molecular formula is C13H14N2O3. The minimum absolute atomic E-state index is 0.00546. The Morgan fingerprint density at radius 3 is 2.78 bits per heavy atom. The van der Waals surface area contributed by atoms with Crippen LogP contribution in [0.25, 0.3) is 10.9 Å². The molecule has 0 amide bonds. The van der Waals surface area contributed by atoms with Gasteiger partial charge in [-0.15, -0.1) is 0 Å². The van der Waals surface area contributed by atoms with Gasteiger partial charge in [0.2, 0.25) is 0 Å². The molecule has 2 rings (SSSR count). The zero-order valence-electron chi connectivity index (χ0n) is 10.2. The van der Waals surface area contributed by atoms with E-state index in [-0.39, 0.29) is 11.4 Å². The summed E-state index contributed by atoms with van der Waals surface area (Å²) in [5.41, 5.74) is 1.77. The van der Waals surface area contributed by atoms with Crippen LogP contribution in [0.1, 0.15) is 21.6 Å². The lowest BCUT2D eigenvalue weighted by atomic mass is 10.0. The number of aromatic nitrogens is 1. The lowest BCUT2D eigenvalue weighted by molar-refractivity contribution is 0.0689. The first-order valence-corrected chi connectivity index (χ1v) is 5.55. The molecule has 5 heteroatoms. The topological polar surface area (TPSA) is 82.5 Å². The predicted molar refractivity (Wildman–Crippen MR) is 67.9 cm³/mol. The van der Waals surface area contributed by atoms with Crippen molar-refractivity contribution in [1.29, 1.82) is 0 Å². The zero-order chi connectivity index (χ0) is 13.3. The van der Waals surface area contributed by atoms with Gasteiger partial charge in [-0.05, 0) is 25.6 Å². The first kappa shape index (κ1) is 12.3. The molecule has 0 saturated heterocycles. The summed E-state index contributed by atoms with van der Waals surface area (Å²) in [7, 11) is 1.75. The number of para-hydroxylation sites is 1. The van der Waals surface area contributed by atoms with Crippen LogP contribution in [0.4, 0.5) is 0 Å². The minimum Gasteiger partial charge on any atom is -0.506 e. The number of hydrogen-bond donors (Lipinski definition) is 3. The summed E-state index contributed by atoms with van der Waals surface area (Å²) in [6, 6.07) is 5.04. The molecule has 0 bridgehead atoms. The second-order valence-corrected chi connectivity index (χ2v) is 4.07. The number of benzene rings is 1. The Kier molecular flexibility index (Phi) is 3.16. The predicted octanol–water partition coefficient (Wildman–Crippen LogP) is 1.67. The molecule has 94 valence electrons. The molecule has 5 nitrogen and oxygen atoms in total. The summed E-state index contributed by atoms with van der Waals surface area (Å²) >= 11 is 0. The van der Waals surface area contributed by atoms with Gasteiger partial charge in [0.15, 0.2) is 5.69 Å². The highest BCUT2D eigenvalue weighted by Crippen LogP contribution is 2.28. The number of phenolic OH excluding ortho intramolecular Hbond substituents is 1. The van der Waals surface area contributed by atoms with Gasteiger partial charge in [-0.3, -0.25) is 0 Å². The van der Waals surface area contributed by atoms with Crippen LogP contribution in [0, 0.1) is 6.92 Å². The van der Waals surface area contributed by atoms with Gasteiger partial charge in [0.05, 0.1) is 0 Å². The number of nitrogens with one attached hydrogen (secondary N) is 1. The molecule has 0 aliphatic rings. The standard InChI is InChI=1S/C13H14N2O3/c1-7-8-4-3-5-10(16)11(8)15-12(13(17)18)9(7)6-14-2/h3-5,14,16H,6H2,1-2H3,(H,17,18). The Morgan fingerprint density at radius 2 is 2.17 bits per heavy atom. The quantitative estimate of drug-likeness (QED) is 0.767. The molecule has 18 heavy (non-hydrogen) atoms. The van der Waals surface area contributed by atoms with Crippen molar-refractivity contribution in [3.05, 3.63) is 35.0 Å². The number of rotatable bonds is 3. The highest BCUT2D eigenvalue weighted by molar-refractivity contribution is 5.95. The SMILES string of the molecule is CNCc1c(C(=O)O)nc2c(O)cccc2c1C. The maximum atomic E-state index is 11.2. The fourth-order valence-electron chi connectivity index (χ4n) is 2.04. The second-order valence-electron chi connectivity index (χ2n) is 4.07. The van der Waals surface area contributed by atoms with Crippen molar-refractivity contribution in [1.82, 2.24) is 10.3 Å². The Bertz CT molecular complexity index is 623. The van der Waals surface area contributed by atoms with Gasteiger partial charge in [0.25, 0.3) is 0 Å². The molecule has 1 aromatic heterocycles. The molecule has 0 aliphatic heterocycles. The first-order chi connectivity index (χ1) is 8.56. The number of phenols is 1. The van der Waals surface area contributed by atoms with Crippen molar-refractivity contribution in [3.63, 3.8) is 0 Å². The molecule has 0 saturated carbocycles. The summed E-state index contributed by atoms with van der Waals surface area (Å²) in [5.74, 6) is -1.09. The molecule has 0 aliphatic carbocycles. The number of carboxylic acids is 1. The number of hydrogen-bond acceptors (Lipinski definition) is 4. The van der Waals surface area contributed by atoms with Crippen LogP contribution >= 0.6 is 0 Å². The molecule has 1 aromatic carbocycles. The van der Waals surface area contributed by atoms with Gasteiger partial charge < -0.3 is 15.5 Å². The third kappa shape index (κ3) is 1.89. The number of aromatic hydroxyl groups is 1. The number of aromatic carboxylic acids is 1. The van der Waals surface area contributed by atoms with Gasteiger partial charge in [0.1, 0.15) is 11.3 Å². The van der Waals surface area contributed by atoms with Crippen LogP contribution in [0.3, 0.4) is 0 Å². The van der Waals surface area contributed by atoms with E-state index >= 15 is 0 Å². The molecule has 1 heterocycles. The monoisotopic (exact) mass is 246 g/mol. The summed E-state index contributed by atoms with van der Waals surface area (Å²) in [6.07, 6.45) is 0. The maximum Gasteiger partial charge on any atom is 0.354 e. The molecular weight excluding hydrogens is 232 g/mol. The Balaban J connectivity index is 2.85. The van der Waals surface area contributed by atoms with Crippen LogP contribution in [-0.4, -0.2) is 28.2 Å². The molecule has 0 radical (unpaired) electrons. The van der Waals surface area contributed by atoms with Crippen LogP contribution < -0.4 is 5.32 Å². The molecule has 0 unspecified atom stereocenters. The number of nitrogens with zero attached hydrogens (tertiary/aromatic N) is 1. The average molecular weight is 246 g/mol. The van der Waals surface area contributed by atoms with Crippen molar-refractivity contribution < 1.29 is 15.0 Å². The number of aryl methyl sites for hydroxylation is 1. The van der Waals surface area contributed by atoms with Crippen LogP contribution in [0.15, 0.2) is 18.2 Å². The first-order valence-electron chi connectivity index (χ1n) is 5.55. The van der Waals surface area contributed by atoms with Gasteiger partial charge in [0, 0.05) is 17.5 Å². The Morgan fingerprint density at radius 1 is 1.44 bits per heavy atom. The van der Waals surface area contributed by atoms with E-state index in [2.05, 4.69) is 10.3 Å². The normalized spacial score (nSPS) is 10.8. The van der Waals surface area contributed by atoms with Gasteiger partial charge in [-0.25, -0.2) is 9.78 Å². The van der Waals surface area contributed by atoms with E-state index in [1.54, 1.807) is 13.1 Å². The van der Waals surface area contributed by atoms with E-state index in [0.29, 0.717) is 17.6 Å². The fraction of sp³-hybridized carbons (Fsp3) is 0.231. The van der Waals surface area contributed by atoms with Crippen molar-refractivity contribution in [2.45, 2.75) is 13.5 Å². The molecule has 2 aromatic rings. The summed E-state index contributed by atoms with van der Waals surface area (Å²) < 4.78 is 0. The van der Waals surface area contributed by atoms with E-state index in [9.17, 15) is 15.0 Å². The number of carboxylic acid groups (broad SMARTS) is 1. The van der Waals surface area contributed by atoms with E-state index in [0.717, 1.165) is 10.9 Å². The van der Waals surface area contributed by atoms with Crippen molar-refractivity contribution in [2.75, 3.05) is 7.05 Å². The smallest absolute Gasteiger partial charge is 0.354 e. The molecule has 0 fully saturated rings. The largest absolute Gasteiger partial charge is 0.506 e. The fourth-order valence-corrected chi connectivity index (χ4v) is 2.04. The highest BCUT2D eigenvalue weighted by Gasteiger charge is 2.18. The number of carbonyl (C=O) groups is 1. The zero-order valence-corrected chi connectivity index (χ0v) is 10.2. The summed E-state index contributed by atoms with van der Waals surface area (Å²) in [4.78, 5) is 15.3. The van der Waals surface area contributed by atoms with Crippen molar-refractivity contribution >= 4 is 16.9 Å². The highest BCUT2D eigenvalue weighted by atomic mass is 16.4. The number of fused-ring (bicyclic) bond motifs is 1. The molecule has 0 spiro atoms. The van der Waals surface area contributed by atoms with Crippen LogP contribution in [0.2, 0.25) is 0 Å². The third-order valence-corrected chi connectivity index (χ3v) is 2.94. The average Bonchev–Trinajstić information content (AvgIpc) is 2.33. The van der Waals surface area contributed by atoms with E-state index in [1.165, 1.54) is 6.07 Å². The van der Waals surface area contributed by atoms with Crippen molar-refractivity contribution in [2.24, 2.45) is 0 Å². The lowest BCUT2D eigenvalue weighted by Gasteiger charge is -2.12. The molecule has 0 atom stereocenters. The number of pyridine rings is 1. The Labute approximate surface area is 104 Å². The maximum absolute atomic E-state index is 11.2. The van der Waals surface area contributed by atoms with E-state index in [4.69, 9.17) is 0 Å². The van der Waals surface area contributed by atoms with Gasteiger partial charge >= 0.3 is 5.97 Å². The molecule has 3 N–H and O–H groups in total. The Hall–Kier alpha value is -2.14. The summed E-state index contributed by atoms with van der Waals surface area (Å²) in [6.45, 7) is 2.26. The van der Waals surface area contributed by atoms with E-state index in [1.807, 2.05) is 13.0 Å². The van der Waals surface area contributed by atoms with E-state index < -0.39 is 5.97 Å². The van der Waals surface area contributed by atoms with Crippen LogP contribution in [0.5, 0.6) is 5.75 Å². The third-order valence-electron chi connectivity index (χ3n) is 2.94.